The number of aromatic amines is 1. The molecule has 1 aliphatic rings. The number of hydrogen-bond acceptors (Lipinski definition) is 4. The van der Waals surface area contributed by atoms with Crippen LogP contribution >= 0.6 is 0 Å². The number of halogens is 1. The lowest BCUT2D eigenvalue weighted by atomic mass is 10.1. The van der Waals surface area contributed by atoms with E-state index in [1.165, 1.54) is 6.07 Å². The molecule has 5 nitrogen and oxygen atoms in total. The van der Waals surface area contributed by atoms with Crippen molar-refractivity contribution in [3.05, 3.63) is 71.7 Å². The molecule has 27 heavy (non-hydrogen) atoms. The number of ether oxygens (including phenoxy) is 1. The fourth-order valence-electron chi connectivity index (χ4n) is 3.53. The molecule has 0 bridgehead atoms. The molecule has 0 radical (unpaired) electrons. The molecule has 0 spiro atoms. The standard InChI is InChI=1S/C21H23FN4O/c22-19-11-5-4-9-17(19)13-26(14-18-10-6-12-27-18)15-20-21(24-25-23-20)16-7-2-1-3-8-16/h1-5,7-9,11,18H,6,10,12-15H2,(H,23,24,25)/t18-/m0/s1. The van der Waals surface area contributed by atoms with Crippen molar-refractivity contribution in [2.45, 2.75) is 32.0 Å². The van der Waals surface area contributed by atoms with E-state index in [1.54, 1.807) is 6.07 Å². The van der Waals surface area contributed by atoms with Crippen LogP contribution in [0.3, 0.4) is 0 Å². The van der Waals surface area contributed by atoms with Gasteiger partial charge in [0.15, 0.2) is 0 Å². The van der Waals surface area contributed by atoms with E-state index in [1.807, 2.05) is 42.5 Å². The molecule has 1 aromatic heterocycles. The maximum absolute atomic E-state index is 14.2. The van der Waals surface area contributed by atoms with E-state index < -0.39 is 0 Å². The lowest BCUT2D eigenvalue weighted by Crippen LogP contribution is -2.32. The summed E-state index contributed by atoms with van der Waals surface area (Å²) in [5.41, 5.74) is 3.39. The predicted molar refractivity (Wildman–Crippen MR) is 101 cm³/mol. The Labute approximate surface area is 158 Å². The summed E-state index contributed by atoms with van der Waals surface area (Å²) in [6.07, 6.45) is 2.30. The first kappa shape index (κ1) is 17.8. The third-order valence-corrected chi connectivity index (χ3v) is 4.88. The molecule has 1 N–H and O–H groups in total. The van der Waals surface area contributed by atoms with Gasteiger partial charge in [-0.3, -0.25) is 4.90 Å². The zero-order chi connectivity index (χ0) is 18.5. The summed E-state index contributed by atoms with van der Waals surface area (Å²) in [6.45, 7) is 2.63. The van der Waals surface area contributed by atoms with Crippen molar-refractivity contribution in [1.29, 1.82) is 0 Å². The topological polar surface area (TPSA) is 54.0 Å². The van der Waals surface area contributed by atoms with Gasteiger partial charge in [-0.05, 0) is 18.9 Å². The van der Waals surface area contributed by atoms with E-state index in [4.69, 9.17) is 4.74 Å². The first-order valence-electron chi connectivity index (χ1n) is 9.32. The Kier molecular flexibility index (Phi) is 5.55. The average molecular weight is 366 g/mol. The van der Waals surface area contributed by atoms with Crippen LogP contribution in [0.4, 0.5) is 4.39 Å². The van der Waals surface area contributed by atoms with Crippen LogP contribution in [0, 0.1) is 5.82 Å². The molecule has 0 aliphatic carbocycles. The van der Waals surface area contributed by atoms with E-state index in [9.17, 15) is 4.39 Å². The summed E-state index contributed by atoms with van der Waals surface area (Å²) in [4.78, 5) is 2.19. The third-order valence-electron chi connectivity index (χ3n) is 4.88. The Morgan fingerprint density at radius 1 is 1.04 bits per heavy atom. The van der Waals surface area contributed by atoms with Crippen molar-refractivity contribution in [3.63, 3.8) is 0 Å². The lowest BCUT2D eigenvalue weighted by molar-refractivity contribution is 0.0671. The predicted octanol–water partition coefficient (Wildman–Crippen LogP) is 3.79. The highest BCUT2D eigenvalue weighted by molar-refractivity contribution is 5.60. The van der Waals surface area contributed by atoms with Crippen LogP contribution in [0.2, 0.25) is 0 Å². The second-order valence-corrected chi connectivity index (χ2v) is 6.88. The van der Waals surface area contributed by atoms with E-state index in [2.05, 4.69) is 20.3 Å². The molecule has 1 atom stereocenters. The quantitative estimate of drug-likeness (QED) is 0.691. The maximum atomic E-state index is 14.2. The Balaban J connectivity index is 1.56. The van der Waals surface area contributed by atoms with E-state index >= 15 is 0 Å². The van der Waals surface area contributed by atoms with Gasteiger partial charge >= 0.3 is 0 Å². The number of nitrogens with zero attached hydrogens (tertiary/aromatic N) is 3. The fraction of sp³-hybridized carbons (Fsp3) is 0.333. The molecule has 1 saturated heterocycles. The van der Waals surface area contributed by atoms with E-state index in [-0.39, 0.29) is 11.9 Å². The van der Waals surface area contributed by atoms with Crippen LogP contribution in [-0.4, -0.2) is 39.6 Å². The van der Waals surface area contributed by atoms with Gasteiger partial charge in [-0.2, -0.15) is 15.4 Å². The molecule has 3 aromatic rings. The third kappa shape index (κ3) is 4.40. The first-order chi connectivity index (χ1) is 13.3. The summed E-state index contributed by atoms with van der Waals surface area (Å²) in [6, 6.07) is 16.9. The Bertz CT molecular complexity index is 861. The molecule has 4 rings (SSSR count). The van der Waals surface area contributed by atoms with Gasteiger partial charge in [-0.25, -0.2) is 4.39 Å². The number of benzene rings is 2. The number of hydrogen-bond donors (Lipinski definition) is 1. The van der Waals surface area contributed by atoms with Gasteiger partial charge in [-0.1, -0.05) is 48.5 Å². The minimum Gasteiger partial charge on any atom is -0.377 e. The van der Waals surface area contributed by atoms with Crippen LogP contribution in [0.15, 0.2) is 54.6 Å². The lowest BCUT2D eigenvalue weighted by Gasteiger charge is -2.25. The monoisotopic (exact) mass is 366 g/mol. The van der Waals surface area contributed by atoms with Crippen molar-refractivity contribution in [2.24, 2.45) is 0 Å². The summed E-state index contributed by atoms with van der Waals surface area (Å²) >= 11 is 0. The van der Waals surface area contributed by atoms with Crippen molar-refractivity contribution >= 4 is 0 Å². The van der Waals surface area contributed by atoms with Crippen LogP contribution in [-0.2, 0) is 17.8 Å². The highest BCUT2D eigenvalue weighted by atomic mass is 19.1. The van der Waals surface area contributed by atoms with Gasteiger partial charge in [0.05, 0.1) is 6.10 Å². The van der Waals surface area contributed by atoms with Gasteiger partial charge in [0, 0.05) is 37.4 Å². The molecule has 2 aromatic carbocycles. The summed E-state index contributed by atoms with van der Waals surface area (Å²) in [5.74, 6) is -0.182. The Morgan fingerprint density at radius 3 is 2.63 bits per heavy atom. The Morgan fingerprint density at radius 2 is 1.85 bits per heavy atom. The SMILES string of the molecule is Fc1ccccc1CN(Cc1n[nH]nc1-c1ccccc1)C[C@@H]1CCCO1. The minimum absolute atomic E-state index is 0.182. The summed E-state index contributed by atoms with van der Waals surface area (Å²) in [5, 5.41) is 11.4. The summed E-state index contributed by atoms with van der Waals surface area (Å²) < 4.78 is 20.0. The fourth-order valence-corrected chi connectivity index (χ4v) is 3.53. The molecular formula is C21H23FN4O. The van der Waals surface area contributed by atoms with Crippen LogP contribution < -0.4 is 0 Å². The number of H-pyrrole nitrogens is 1. The molecule has 0 saturated carbocycles. The average Bonchev–Trinajstić information content (AvgIpc) is 3.36. The molecule has 0 unspecified atom stereocenters. The second kappa shape index (κ2) is 8.41. The number of rotatable bonds is 7. The molecule has 0 amide bonds. The van der Waals surface area contributed by atoms with E-state index in [0.717, 1.165) is 42.9 Å². The molecule has 2 heterocycles. The van der Waals surface area contributed by atoms with Crippen molar-refractivity contribution < 1.29 is 9.13 Å². The molecule has 1 fully saturated rings. The van der Waals surface area contributed by atoms with Gasteiger partial charge in [-0.15, -0.1) is 0 Å². The van der Waals surface area contributed by atoms with E-state index in [0.29, 0.717) is 18.7 Å². The second-order valence-electron chi connectivity index (χ2n) is 6.88. The van der Waals surface area contributed by atoms with Gasteiger partial charge < -0.3 is 4.74 Å². The van der Waals surface area contributed by atoms with Gasteiger partial charge in [0.2, 0.25) is 0 Å². The highest BCUT2D eigenvalue weighted by Crippen LogP contribution is 2.23. The first-order valence-corrected chi connectivity index (χ1v) is 9.32. The smallest absolute Gasteiger partial charge is 0.127 e. The number of aromatic nitrogens is 3. The normalized spacial score (nSPS) is 16.9. The van der Waals surface area contributed by atoms with Gasteiger partial charge in [0.1, 0.15) is 17.2 Å². The van der Waals surface area contributed by atoms with Crippen LogP contribution in [0.5, 0.6) is 0 Å². The molecule has 140 valence electrons. The van der Waals surface area contributed by atoms with Crippen LogP contribution in [0.1, 0.15) is 24.1 Å². The molecule has 1 aliphatic heterocycles. The maximum Gasteiger partial charge on any atom is 0.127 e. The van der Waals surface area contributed by atoms with Crippen molar-refractivity contribution in [3.8, 4) is 11.3 Å². The zero-order valence-electron chi connectivity index (χ0n) is 15.1. The van der Waals surface area contributed by atoms with Crippen molar-refractivity contribution in [2.75, 3.05) is 13.2 Å². The largest absolute Gasteiger partial charge is 0.377 e. The highest BCUT2D eigenvalue weighted by Gasteiger charge is 2.22. The Hall–Kier alpha value is -2.57. The van der Waals surface area contributed by atoms with Crippen LogP contribution in [0.25, 0.3) is 11.3 Å². The summed E-state index contributed by atoms with van der Waals surface area (Å²) in [7, 11) is 0. The molecule has 6 heteroatoms. The van der Waals surface area contributed by atoms with Crippen molar-refractivity contribution in [1.82, 2.24) is 20.3 Å². The minimum atomic E-state index is -0.182. The molecular weight excluding hydrogens is 343 g/mol. The van der Waals surface area contributed by atoms with Gasteiger partial charge in [0.25, 0.3) is 0 Å². The number of nitrogens with one attached hydrogen (secondary N) is 1. The zero-order valence-corrected chi connectivity index (χ0v) is 15.1.